The molecule has 268 valence electrons. The fourth-order valence-corrected chi connectivity index (χ4v) is 7.48. The van der Waals surface area contributed by atoms with Crippen LogP contribution < -0.4 is 0 Å². The molecule has 2 fully saturated rings. The SMILES string of the molecule is CCOC(=O)C1(OC(=O)Cc2c(C)cccc2C)CCC(OCC)CC1.CCOC1CCC2(CC1)OC(=O)C(c1c(C)cccc1Cl)=C2O. The summed E-state index contributed by atoms with van der Waals surface area (Å²) < 4.78 is 27.9. The summed E-state index contributed by atoms with van der Waals surface area (Å²) in [5.41, 5.74) is 2.58. The first-order valence-corrected chi connectivity index (χ1v) is 17.9. The Morgan fingerprint density at radius 2 is 1.37 bits per heavy atom. The number of benzene rings is 2. The number of rotatable bonds is 10. The van der Waals surface area contributed by atoms with E-state index in [0.29, 0.717) is 62.3 Å². The average molecular weight is 699 g/mol. The van der Waals surface area contributed by atoms with Gasteiger partial charge in [0.05, 0.1) is 25.2 Å². The van der Waals surface area contributed by atoms with Gasteiger partial charge >= 0.3 is 17.9 Å². The van der Waals surface area contributed by atoms with Crippen LogP contribution in [0.5, 0.6) is 0 Å². The highest BCUT2D eigenvalue weighted by Crippen LogP contribution is 2.47. The zero-order chi connectivity index (χ0) is 35.8. The fraction of sp³-hybridized carbons (Fsp3) is 0.564. The predicted molar refractivity (Wildman–Crippen MR) is 187 cm³/mol. The minimum absolute atomic E-state index is 0.0219. The van der Waals surface area contributed by atoms with Crippen molar-refractivity contribution in [3.63, 3.8) is 0 Å². The van der Waals surface area contributed by atoms with E-state index in [4.69, 9.17) is 35.3 Å². The summed E-state index contributed by atoms with van der Waals surface area (Å²) in [5.74, 6) is -1.29. The van der Waals surface area contributed by atoms with Crippen LogP contribution in [-0.2, 0) is 44.5 Å². The first-order valence-electron chi connectivity index (χ1n) is 17.5. The van der Waals surface area contributed by atoms with E-state index in [1.807, 2.05) is 65.0 Å². The molecule has 2 aliphatic carbocycles. The molecule has 0 unspecified atom stereocenters. The molecule has 1 N–H and O–H groups in total. The van der Waals surface area contributed by atoms with Crippen LogP contribution in [0, 0.1) is 20.8 Å². The van der Waals surface area contributed by atoms with Crippen LogP contribution in [-0.4, -0.2) is 66.2 Å². The maximum Gasteiger partial charge on any atom is 0.350 e. The lowest BCUT2D eigenvalue weighted by Gasteiger charge is -2.37. The zero-order valence-corrected chi connectivity index (χ0v) is 30.5. The Balaban J connectivity index is 0.000000222. The highest BCUT2D eigenvalue weighted by atomic mass is 35.5. The number of ether oxygens (including phenoxy) is 5. The van der Waals surface area contributed by atoms with Crippen LogP contribution in [0.4, 0.5) is 0 Å². The number of aliphatic hydroxyl groups excluding tert-OH is 1. The molecule has 49 heavy (non-hydrogen) atoms. The number of esters is 3. The molecule has 1 heterocycles. The van der Waals surface area contributed by atoms with Gasteiger partial charge in [0, 0.05) is 36.6 Å². The van der Waals surface area contributed by atoms with Crippen molar-refractivity contribution in [3.05, 3.63) is 75.0 Å². The molecule has 1 aliphatic heterocycles. The quantitative estimate of drug-likeness (QED) is 0.195. The molecule has 2 saturated carbocycles. The summed E-state index contributed by atoms with van der Waals surface area (Å²) in [7, 11) is 0. The van der Waals surface area contributed by atoms with Gasteiger partial charge in [0.1, 0.15) is 5.57 Å². The first-order chi connectivity index (χ1) is 23.4. The number of hydrogen-bond donors (Lipinski definition) is 1. The van der Waals surface area contributed by atoms with E-state index in [-0.39, 0.29) is 42.5 Å². The molecule has 0 saturated heterocycles. The molecule has 5 rings (SSSR count). The number of carbonyl (C=O) groups excluding carboxylic acids is 3. The summed E-state index contributed by atoms with van der Waals surface area (Å²) in [4.78, 5) is 37.7. The minimum Gasteiger partial charge on any atom is -0.507 e. The van der Waals surface area contributed by atoms with Crippen molar-refractivity contribution < 1.29 is 43.2 Å². The smallest absolute Gasteiger partial charge is 0.350 e. The Bertz CT molecular complexity index is 1470. The minimum atomic E-state index is -1.18. The molecule has 0 radical (unpaired) electrons. The number of aryl methyl sites for hydroxylation is 3. The highest BCUT2D eigenvalue weighted by Gasteiger charge is 2.51. The van der Waals surface area contributed by atoms with Crippen molar-refractivity contribution in [3.8, 4) is 0 Å². The van der Waals surface area contributed by atoms with Gasteiger partial charge in [-0.3, -0.25) is 4.79 Å². The Morgan fingerprint density at radius 1 is 0.837 bits per heavy atom. The lowest BCUT2D eigenvalue weighted by Crippen LogP contribution is -2.48. The maximum atomic E-state index is 12.6. The van der Waals surface area contributed by atoms with Crippen LogP contribution in [0.15, 0.2) is 42.2 Å². The van der Waals surface area contributed by atoms with E-state index in [1.165, 1.54) is 0 Å². The zero-order valence-electron chi connectivity index (χ0n) is 29.7. The molecule has 9 nitrogen and oxygen atoms in total. The summed E-state index contributed by atoms with van der Waals surface area (Å²) in [6, 6.07) is 11.3. The van der Waals surface area contributed by atoms with E-state index < -0.39 is 23.1 Å². The number of carbonyl (C=O) groups is 3. The van der Waals surface area contributed by atoms with Crippen molar-refractivity contribution in [2.24, 2.45) is 0 Å². The number of aliphatic hydroxyl groups is 1. The first kappa shape index (κ1) is 38.4. The molecule has 0 aromatic heterocycles. The van der Waals surface area contributed by atoms with Gasteiger partial charge in [0.2, 0.25) is 5.60 Å². The maximum absolute atomic E-state index is 12.6. The molecule has 0 amide bonds. The third-order valence-corrected chi connectivity index (χ3v) is 10.2. The Kier molecular flexibility index (Phi) is 13.3. The van der Waals surface area contributed by atoms with Crippen LogP contribution in [0.2, 0.25) is 5.02 Å². The third kappa shape index (κ3) is 8.86. The van der Waals surface area contributed by atoms with Crippen molar-refractivity contribution in [2.75, 3.05) is 19.8 Å². The van der Waals surface area contributed by atoms with Gasteiger partial charge in [0.25, 0.3) is 0 Å². The molecule has 0 bridgehead atoms. The van der Waals surface area contributed by atoms with Crippen molar-refractivity contribution in [1.82, 2.24) is 0 Å². The molecular formula is C39H51ClO9. The Hall–Kier alpha value is -3.40. The van der Waals surface area contributed by atoms with Gasteiger partial charge in [-0.15, -0.1) is 0 Å². The fourth-order valence-electron chi connectivity index (χ4n) is 7.17. The Labute approximate surface area is 295 Å². The van der Waals surface area contributed by atoms with Crippen molar-refractivity contribution in [2.45, 2.75) is 123 Å². The summed E-state index contributed by atoms with van der Waals surface area (Å²) >= 11 is 6.26. The molecule has 1 spiro atoms. The second kappa shape index (κ2) is 17.0. The summed E-state index contributed by atoms with van der Waals surface area (Å²) in [5, 5.41) is 11.2. The van der Waals surface area contributed by atoms with Crippen LogP contribution >= 0.6 is 11.6 Å². The normalized spacial score (nSPS) is 25.0. The highest BCUT2D eigenvalue weighted by molar-refractivity contribution is 6.35. The van der Waals surface area contributed by atoms with Crippen LogP contribution in [0.3, 0.4) is 0 Å². The topological polar surface area (TPSA) is 118 Å². The van der Waals surface area contributed by atoms with Gasteiger partial charge in [-0.25, -0.2) is 9.59 Å². The number of hydrogen-bond acceptors (Lipinski definition) is 9. The van der Waals surface area contributed by atoms with Crippen LogP contribution in [0.25, 0.3) is 5.57 Å². The van der Waals surface area contributed by atoms with Crippen molar-refractivity contribution >= 4 is 35.1 Å². The lowest BCUT2D eigenvalue weighted by atomic mass is 9.81. The molecule has 2 aromatic carbocycles. The van der Waals surface area contributed by atoms with Gasteiger partial charge in [-0.05, 0) is 108 Å². The largest absolute Gasteiger partial charge is 0.507 e. The van der Waals surface area contributed by atoms with Gasteiger partial charge in [-0.1, -0.05) is 41.9 Å². The van der Waals surface area contributed by atoms with Crippen LogP contribution in [0.1, 0.15) is 100.0 Å². The standard InChI is InChI=1S/C21H30O5.C18H21ClO4/c1-5-24-17-10-12-21(13-11-17,20(23)25-6-2)26-19(22)14-18-15(3)8-7-9-16(18)4;1-3-22-12-7-9-18(10-8-12)16(20)15(17(21)23-18)14-11(2)5-4-6-13(14)19/h7-9,17H,5-6,10-14H2,1-4H3;4-6,12,20H,3,7-10H2,1-2H3. The van der Waals surface area contributed by atoms with Crippen molar-refractivity contribution in [1.29, 1.82) is 0 Å². The molecule has 2 aromatic rings. The van der Waals surface area contributed by atoms with E-state index in [9.17, 15) is 19.5 Å². The number of halogens is 1. The van der Waals surface area contributed by atoms with Gasteiger partial charge < -0.3 is 28.8 Å². The predicted octanol–water partition coefficient (Wildman–Crippen LogP) is 7.86. The van der Waals surface area contributed by atoms with E-state index in [0.717, 1.165) is 35.1 Å². The second-order valence-electron chi connectivity index (χ2n) is 13.1. The summed E-state index contributed by atoms with van der Waals surface area (Å²) in [6.45, 7) is 13.1. The molecule has 10 heteroatoms. The third-order valence-electron chi connectivity index (χ3n) is 9.84. The average Bonchev–Trinajstić information content (AvgIpc) is 3.30. The second-order valence-corrected chi connectivity index (χ2v) is 13.5. The van der Waals surface area contributed by atoms with E-state index >= 15 is 0 Å². The monoisotopic (exact) mass is 698 g/mol. The lowest BCUT2D eigenvalue weighted by molar-refractivity contribution is -0.189. The Morgan fingerprint density at radius 3 is 1.90 bits per heavy atom. The van der Waals surface area contributed by atoms with Gasteiger partial charge in [-0.2, -0.15) is 0 Å². The molecular weight excluding hydrogens is 648 g/mol. The van der Waals surface area contributed by atoms with E-state index in [2.05, 4.69) is 0 Å². The molecule has 0 atom stereocenters. The summed E-state index contributed by atoms with van der Waals surface area (Å²) in [6.07, 6.45) is 5.36. The molecule has 3 aliphatic rings. The van der Waals surface area contributed by atoms with E-state index in [1.54, 1.807) is 13.0 Å². The van der Waals surface area contributed by atoms with Gasteiger partial charge in [0.15, 0.2) is 11.4 Å².